The molecule has 2 aromatic carbocycles. The number of carbonyl (C=O) groups excluding carboxylic acids is 2. The number of fused-ring (bicyclic) bond motifs is 1. The zero-order valence-corrected chi connectivity index (χ0v) is 12.5. The van der Waals surface area contributed by atoms with Gasteiger partial charge in [0.15, 0.2) is 0 Å². The highest BCUT2D eigenvalue weighted by Gasteiger charge is 2.30. The Balaban J connectivity index is 1.79. The van der Waals surface area contributed by atoms with Crippen molar-refractivity contribution >= 4 is 29.3 Å². The number of benzene rings is 2. The Hall–Kier alpha value is -2.33. The Morgan fingerprint density at radius 1 is 1.14 bits per heavy atom. The molecule has 112 valence electrons. The first-order valence-corrected chi connectivity index (χ1v) is 7.35. The van der Waals surface area contributed by atoms with E-state index in [1.54, 1.807) is 18.2 Å². The molecule has 0 N–H and O–H groups in total. The smallest absolute Gasteiger partial charge is 0.421 e. The topological polar surface area (TPSA) is 46.6 Å². The minimum Gasteiger partial charge on any atom is -0.444 e. The first kappa shape index (κ1) is 14.6. The molecule has 2 aromatic rings. The highest BCUT2D eigenvalue weighted by atomic mass is 35.5. The second kappa shape index (κ2) is 6.20. The van der Waals surface area contributed by atoms with Crippen LogP contribution in [0.1, 0.15) is 17.5 Å². The Morgan fingerprint density at radius 3 is 2.68 bits per heavy atom. The van der Waals surface area contributed by atoms with Crippen LogP contribution in [-0.2, 0) is 22.6 Å². The van der Waals surface area contributed by atoms with E-state index in [1.807, 2.05) is 30.3 Å². The summed E-state index contributed by atoms with van der Waals surface area (Å²) in [6.45, 7) is 0.131. The molecule has 5 heteroatoms. The van der Waals surface area contributed by atoms with E-state index in [0.29, 0.717) is 17.1 Å². The van der Waals surface area contributed by atoms with Crippen LogP contribution < -0.4 is 4.90 Å². The lowest BCUT2D eigenvalue weighted by atomic mass is 10.0. The lowest BCUT2D eigenvalue weighted by Gasteiger charge is -2.27. The second-order valence-electron chi connectivity index (χ2n) is 5.04. The molecular weight excluding hydrogens is 302 g/mol. The molecule has 3 rings (SSSR count). The third kappa shape index (κ3) is 2.97. The highest BCUT2D eigenvalue weighted by molar-refractivity contribution is 6.31. The molecule has 1 heterocycles. The first-order chi connectivity index (χ1) is 10.6. The van der Waals surface area contributed by atoms with Gasteiger partial charge in [-0.05, 0) is 35.7 Å². The number of carbonyl (C=O) groups is 2. The fraction of sp³-hybridized carbons (Fsp3) is 0.176. The second-order valence-corrected chi connectivity index (χ2v) is 5.48. The monoisotopic (exact) mass is 315 g/mol. The van der Waals surface area contributed by atoms with Gasteiger partial charge in [0.1, 0.15) is 6.61 Å². The summed E-state index contributed by atoms with van der Waals surface area (Å²) in [6, 6.07) is 14.5. The maximum Gasteiger partial charge on any atom is 0.421 e. The minimum absolute atomic E-state index is 0.131. The molecule has 2 amide bonds. The number of hydrogen-bond donors (Lipinski definition) is 0. The summed E-state index contributed by atoms with van der Waals surface area (Å²) in [4.78, 5) is 25.5. The molecule has 1 aliphatic heterocycles. The standard InChI is InChI=1S/C17H14ClNO3/c18-14-7-8-15-13(10-14)6-9-16(20)19(15)17(21)22-11-12-4-2-1-3-5-12/h1-5,7-8,10H,6,9,11H2. The molecule has 0 saturated heterocycles. The largest absolute Gasteiger partial charge is 0.444 e. The third-order valence-corrected chi connectivity index (χ3v) is 3.76. The molecule has 4 nitrogen and oxygen atoms in total. The number of ether oxygens (including phenoxy) is 1. The Kier molecular flexibility index (Phi) is 4.11. The van der Waals surface area contributed by atoms with Crippen molar-refractivity contribution in [1.29, 1.82) is 0 Å². The average molecular weight is 316 g/mol. The summed E-state index contributed by atoms with van der Waals surface area (Å²) < 4.78 is 5.26. The van der Waals surface area contributed by atoms with E-state index in [2.05, 4.69) is 0 Å². The molecule has 0 radical (unpaired) electrons. The van der Waals surface area contributed by atoms with Gasteiger partial charge in [-0.2, -0.15) is 0 Å². The summed E-state index contributed by atoms with van der Waals surface area (Å²) in [7, 11) is 0. The quantitative estimate of drug-likeness (QED) is 0.843. The molecule has 0 aromatic heterocycles. The van der Waals surface area contributed by atoms with Gasteiger partial charge in [-0.15, -0.1) is 0 Å². The van der Waals surface area contributed by atoms with Crippen molar-refractivity contribution in [1.82, 2.24) is 0 Å². The highest BCUT2D eigenvalue weighted by Crippen LogP contribution is 2.30. The van der Waals surface area contributed by atoms with Crippen LogP contribution in [0.15, 0.2) is 48.5 Å². The van der Waals surface area contributed by atoms with Gasteiger partial charge in [-0.25, -0.2) is 9.69 Å². The van der Waals surface area contributed by atoms with Gasteiger partial charge >= 0.3 is 6.09 Å². The maximum atomic E-state index is 12.3. The first-order valence-electron chi connectivity index (χ1n) is 6.97. The van der Waals surface area contributed by atoms with Crippen LogP contribution in [0.3, 0.4) is 0 Å². The molecule has 0 fully saturated rings. The van der Waals surface area contributed by atoms with E-state index >= 15 is 0 Å². The fourth-order valence-electron chi connectivity index (χ4n) is 2.44. The van der Waals surface area contributed by atoms with Gasteiger partial charge in [-0.3, -0.25) is 4.79 Å². The molecule has 22 heavy (non-hydrogen) atoms. The number of anilines is 1. The SMILES string of the molecule is O=C1CCc2cc(Cl)ccc2N1C(=O)OCc1ccccc1. The minimum atomic E-state index is -0.655. The average Bonchev–Trinajstić information content (AvgIpc) is 2.54. The van der Waals surface area contributed by atoms with E-state index in [1.165, 1.54) is 0 Å². The van der Waals surface area contributed by atoms with Crippen molar-refractivity contribution < 1.29 is 14.3 Å². The van der Waals surface area contributed by atoms with Crippen molar-refractivity contribution in [2.45, 2.75) is 19.4 Å². The van der Waals surface area contributed by atoms with Gasteiger partial charge in [0, 0.05) is 11.4 Å². The number of halogens is 1. The van der Waals surface area contributed by atoms with E-state index in [-0.39, 0.29) is 18.9 Å². The van der Waals surface area contributed by atoms with E-state index in [4.69, 9.17) is 16.3 Å². The molecule has 0 atom stereocenters. The summed E-state index contributed by atoms with van der Waals surface area (Å²) in [5, 5.41) is 0.589. The lowest BCUT2D eigenvalue weighted by molar-refractivity contribution is -0.118. The van der Waals surface area contributed by atoms with E-state index in [9.17, 15) is 9.59 Å². The summed E-state index contributed by atoms with van der Waals surface area (Å²) in [6.07, 6.45) is 0.197. The summed E-state index contributed by atoms with van der Waals surface area (Å²) in [5.74, 6) is -0.257. The van der Waals surface area contributed by atoms with Crippen LogP contribution in [0.4, 0.5) is 10.5 Å². The van der Waals surface area contributed by atoms with E-state index in [0.717, 1.165) is 16.0 Å². The van der Waals surface area contributed by atoms with Gasteiger partial charge in [0.2, 0.25) is 5.91 Å². The number of nitrogens with zero attached hydrogens (tertiary/aromatic N) is 1. The predicted molar refractivity (Wildman–Crippen MR) is 83.9 cm³/mol. The zero-order chi connectivity index (χ0) is 15.5. The Bertz CT molecular complexity index is 715. The zero-order valence-electron chi connectivity index (χ0n) is 11.8. The van der Waals surface area contributed by atoms with Gasteiger partial charge in [0.25, 0.3) is 0 Å². The molecule has 1 aliphatic rings. The van der Waals surface area contributed by atoms with Gasteiger partial charge < -0.3 is 4.74 Å². The van der Waals surface area contributed by atoms with Crippen molar-refractivity contribution in [2.75, 3.05) is 4.90 Å². The van der Waals surface area contributed by atoms with Crippen LogP contribution in [0.25, 0.3) is 0 Å². The fourth-order valence-corrected chi connectivity index (χ4v) is 2.64. The summed E-state index contributed by atoms with van der Waals surface area (Å²) >= 11 is 5.96. The predicted octanol–water partition coefficient (Wildman–Crippen LogP) is 3.96. The van der Waals surface area contributed by atoms with Crippen LogP contribution in [0, 0.1) is 0 Å². The number of rotatable bonds is 2. The third-order valence-electron chi connectivity index (χ3n) is 3.53. The molecule has 0 unspecified atom stereocenters. The van der Waals surface area contributed by atoms with Gasteiger partial charge in [-0.1, -0.05) is 41.9 Å². The maximum absolute atomic E-state index is 12.3. The van der Waals surface area contributed by atoms with Crippen LogP contribution in [-0.4, -0.2) is 12.0 Å². The summed E-state index contributed by atoms with van der Waals surface area (Å²) in [5.41, 5.74) is 2.30. The van der Waals surface area contributed by atoms with Crippen LogP contribution >= 0.6 is 11.6 Å². The molecule has 0 aliphatic carbocycles. The number of aryl methyl sites for hydroxylation is 1. The Labute approximate surface area is 133 Å². The number of imide groups is 1. The lowest BCUT2D eigenvalue weighted by Crippen LogP contribution is -2.40. The number of amides is 2. The number of hydrogen-bond acceptors (Lipinski definition) is 3. The molecular formula is C17H14ClNO3. The van der Waals surface area contributed by atoms with Crippen molar-refractivity contribution in [3.05, 3.63) is 64.7 Å². The van der Waals surface area contributed by atoms with Crippen molar-refractivity contribution in [3.8, 4) is 0 Å². The van der Waals surface area contributed by atoms with Crippen molar-refractivity contribution in [2.24, 2.45) is 0 Å². The molecule has 0 saturated carbocycles. The molecule has 0 spiro atoms. The van der Waals surface area contributed by atoms with Crippen LogP contribution in [0.2, 0.25) is 5.02 Å². The van der Waals surface area contributed by atoms with Crippen LogP contribution in [0.5, 0.6) is 0 Å². The molecule has 0 bridgehead atoms. The van der Waals surface area contributed by atoms with Crippen molar-refractivity contribution in [3.63, 3.8) is 0 Å². The van der Waals surface area contributed by atoms with Gasteiger partial charge in [0.05, 0.1) is 5.69 Å². The van der Waals surface area contributed by atoms with E-state index < -0.39 is 6.09 Å². The Morgan fingerprint density at radius 2 is 1.91 bits per heavy atom. The normalized spacial score (nSPS) is 13.7.